The number of alkyl halides is 5. The maximum Gasteiger partial charge on any atom is 0.296 e. The molecule has 0 radical (unpaired) electrons. The highest BCUT2D eigenvalue weighted by atomic mass is 127. The van der Waals surface area contributed by atoms with Crippen molar-refractivity contribution in [2.75, 3.05) is 4.43 Å². The molecule has 0 bridgehead atoms. The van der Waals surface area contributed by atoms with Crippen molar-refractivity contribution in [2.24, 2.45) is 0 Å². The topological polar surface area (TPSA) is 0 Å². The van der Waals surface area contributed by atoms with Gasteiger partial charge in [0.15, 0.2) is 0 Å². The van der Waals surface area contributed by atoms with Crippen LogP contribution in [0.2, 0.25) is 0 Å². The molecule has 0 amide bonds. The molecule has 0 aliphatic heterocycles. The van der Waals surface area contributed by atoms with Crippen LogP contribution in [0.5, 0.6) is 0 Å². The summed E-state index contributed by atoms with van der Waals surface area (Å²) in [6.07, 6.45) is 0. The molecule has 0 aliphatic carbocycles. The molecule has 0 aromatic heterocycles. The smallest absolute Gasteiger partial charge is 0.229 e. The predicted octanol–water partition coefficient (Wildman–Crippen LogP) is 2.79. The summed E-state index contributed by atoms with van der Waals surface area (Å²) in [6, 6.07) is 0. The van der Waals surface area contributed by atoms with Gasteiger partial charge in [0.1, 0.15) is 0 Å². The van der Waals surface area contributed by atoms with Gasteiger partial charge in [-0.3, -0.25) is 0 Å². The third-order valence-electron chi connectivity index (χ3n) is 0.497. The lowest BCUT2D eigenvalue weighted by molar-refractivity contribution is -0.00356. The predicted molar refractivity (Wildman–Crippen MR) is 42.8 cm³/mol. The van der Waals surface area contributed by atoms with Crippen LogP contribution in [0, 0.1) is 0 Å². The first-order valence-electron chi connectivity index (χ1n) is 1.72. The average Bonchev–Trinajstić information content (AvgIpc) is 1.67. The molecule has 0 saturated carbocycles. The van der Waals surface area contributed by atoms with Crippen LogP contribution in [-0.2, 0) is 0 Å². The van der Waals surface area contributed by atoms with Crippen molar-refractivity contribution in [3.63, 3.8) is 0 Å². The van der Waals surface area contributed by atoms with Crippen molar-refractivity contribution in [3.8, 4) is 0 Å². The van der Waals surface area contributed by atoms with Crippen LogP contribution < -0.4 is 0 Å². The highest BCUT2D eigenvalue weighted by molar-refractivity contribution is 14.1. The van der Waals surface area contributed by atoms with Crippen LogP contribution in [-0.4, -0.2) is 14.5 Å². The molecule has 0 saturated heterocycles. The first-order valence-corrected chi connectivity index (χ1v) is 4.50. The molecule has 1 atom stereocenters. The largest absolute Gasteiger partial charge is 0.296 e. The van der Waals surface area contributed by atoms with Gasteiger partial charge in [-0.25, -0.2) is 13.2 Å². The van der Waals surface area contributed by atoms with Crippen LogP contribution in [0.25, 0.3) is 0 Å². The van der Waals surface area contributed by atoms with E-state index in [-0.39, 0.29) is 0 Å². The molecule has 8 heavy (non-hydrogen) atoms. The Bertz CT molecular complexity index is 72.9. The summed E-state index contributed by atoms with van der Waals surface area (Å²) in [5.74, 6) is -3.15. The lowest BCUT2D eigenvalue weighted by Crippen LogP contribution is -2.26. The van der Waals surface area contributed by atoms with E-state index in [0.717, 1.165) is 22.6 Å². The van der Waals surface area contributed by atoms with E-state index < -0.39 is 14.5 Å². The van der Waals surface area contributed by atoms with Gasteiger partial charge < -0.3 is 0 Å². The Morgan fingerprint density at radius 2 is 1.88 bits per heavy atom. The number of hydrogen-bond donors (Lipinski definition) is 0. The summed E-state index contributed by atoms with van der Waals surface area (Å²) in [5, 5.41) is 0. The number of halogens is 5. The van der Waals surface area contributed by atoms with E-state index in [1.165, 1.54) is 22.6 Å². The van der Waals surface area contributed by atoms with Gasteiger partial charge in [-0.15, -0.1) is 0 Å². The van der Waals surface area contributed by atoms with E-state index in [9.17, 15) is 13.2 Å². The molecule has 0 rings (SSSR count). The van der Waals surface area contributed by atoms with Crippen LogP contribution >= 0.6 is 45.2 Å². The molecular formula is C3H3F3I2. The molecule has 0 heterocycles. The van der Waals surface area contributed by atoms with Gasteiger partial charge in [0.2, 0.25) is 4.18 Å². The molecule has 1 unspecified atom stereocenters. The Morgan fingerprint density at radius 1 is 1.50 bits per heavy atom. The van der Waals surface area contributed by atoms with Crippen molar-refractivity contribution in [1.29, 1.82) is 0 Å². The van der Waals surface area contributed by atoms with E-state index in [1.54, 1.807) is 0 Å². The zero-order valence-electron chi connectivity index (χ0n) is 3.67. The van der Waals surface area contributed by atoms with Crippen molar-refractivity contribution in [3.05, 3.63) is 0 Å². The fourth-order valence-corrected chi connectivity index (χ4v) is 1.51. The quantitative estimate of drug-likeness (QED) is 0.531. The first kappa shape index (κ1) is 9.25. The van der Waals surface area contributed by atoms with E-state index in [0.29, 0.717) is 0 Å². The summed E-state index contributed by atoms with van der Waals surface area (Å²) in [6.45, 7) is 0. The van der Waals surface area contributed by atoms with Crippen LogP contribution in [0.4, 0.5) is 13.2 Å². The summed E-state index contributed by atoms with van der Waals surface area (Å²) in [5.41, 5.74) is 0. The number of rotatable bonds is 2. The third-order valence-corrected chi connectivity index (χ3v) is 2.43. The van der Waals surface area contributed by atoms with Gasteiger partial charge in [-0.1, -0.05) is 22.6 Å². The van der Waals surface area contributed by atoms with Gasteiger partial charge in [-0.2, -0.15) is 0 Å². The molecule has 0 aliphatic rings. The SMILES string of the molecule is FC(I)C(F)(F)CI. The minimum Gasteiger partial charge on any atom is -0.229 e. The average molecular weight is 350 g/mol. The lowest BCUT2D eigenvalue weighted by Gasteiger charge is -2.11. The Labute approximate surface area is 72.5 Å². The second kappa shape index (κ2) is 3.43. The van der Waals surface area contributed by atoms with Crippen molar-refractivity contribution < 1.29 is 13.2 Å². The summed E-state index contributed by atoms with van der Waals surface area (Å²) >= 11 is 2.51. The van der Waals surface area contributed by atoms with Gasteiger partial charge in [-0.05, 0) is 22.6 Å². The highest BCUT2D eigenvalue weighted by Gasteiger charge is 2.36. The highest BCUT2D eigenvalue weighted by Crippen LogP contribution is 2.27. The molecule has 0 fully saturated rings. The maximum atomic E-state index is 11.9. The fourth-order valence-electron chi connectivity index (χ4n) is 0.0583. The van der Waals surface area contributed by atoms with Crippen LogP contribution in [0.15, 0.2) is 0 Å². The molecule has 0 N–H and O–H groups in total. The first-order chi connectivity index (χ1) is 3.50. The van der Waals surface area contributed by atoms with Crippen LogP contribution in [0.1, 0.15) is 0 Å². The van der Waals surface area contributed by atoms with E-state index in [4.69, 9.17) is 0 Å². The standard InChI is InChI=1S/C3H3F3I2/c4-2(8)3(5,6)1-7/h2H,1H2. The maximum absolute atomic E-state index is 11.9. The summed E-state index contributed by atoms with van der Waals surface area (Å²) in [7, 11) is 0. The lowest BCUT2D eigenvalue weighted by atomic mass is 10.4. The molecule has 5 heteroatoms. The summed E-state index contributed by atoms with van der Waals surface area (Å²) < 4.78 is 33.0. The molecule has 0 aromatic carbocycles. The molecule has 0 aromatic rings. The van der Waals surface area contributed by atoms with E-state index in [2.05, 4.69) is 0 Å². The molecule has 0 nitrogen and oxygen atoms in total. The van der Waals surface area contributed by atoms with Gasteiger partial charge in [0.05, 0.1) is 4.43 Å². The normalized spacial score (nSPS) is 16.1. The third kappa shape index (κ3) is 2.70. The Morgan fingerprint density at radius 3 is 1.88 bits per heavy atom. The molecule has 50 valence electrons. The second-order valence-corrected chi connectivity index (χ2v) is 3.05. The molecule has 0 spiro atoms. The summed E-state index contributed by atoms with van der Waals surface area (Å²) in [4.78, 5) is 0. The Kier molecular flexibility index (Phi) is 3.96. The second-order valence-electron chi connectivity index (χ2n) is 1.20. The zero-order valence-corrected chi connectivity index (χ0v) is 7.99. The van der Waals surface area contributed by atoms with Gasteiger partial charge >= 0.3 is 0 Å². The van der Waals surface area contributed by atoms with Crippen molar-refractivity contribution >= 4 is 45.2 Å². The minimum absolute atomic E-state index is 0.463. The van der Waals surface area contributed by atoms with E-state index >= 15 is 0 Å². The fraction of sp³-hybridized carbons (Fsp3) is 1.00. The molecular weight excluding hydrogens is 347 g/mol. The Balaban J connectivity index is 3.71. The van der Waals surface area contributed by atoms with Gasteiger partial charge in [0, 0.05) is 0 Å². The zero-order chi connectivity index (χ0) is 6.78. The van der Waals surface area contributed by atoms with Crippen molar-refractivity contribution in [1.82, 2.24) is 0 Å². The van der Waals surface area contributed by atoms with Gasteiger partial charge in [0.25, 0.3) is 5.92 Å². The van der Waals surface area contributed by atoms with Crippen LogP contribution in [0.3, 0.4) is 0 Å². The monoisotopic (exact) mass is 350 g/mol. The number of hydrogen-bond acceptors (Lipinski definition) is 0. The van der Waals surface area contributed by atoms with Crippen molar-refractivity contribution in [2.45, 2.75) is 10.1 Å². The minimum atomic E-state index is -3.15. The Hall–Kier alpha value is 1.25. The van der Waals surface area contributed by atoms with E-state index in [1.807, 2.05) is 0 Å².